The van der Waals surface area contributed by atoms with Gasteiger partial charge in [0.25, 0.3) is 5.91 Å². The summed E-state index contributed by atoms with van der Waals surface area (Å²) < 4.78 is 1.89. The van der Waals surface area contributed by atoms with Crippen LogP contribution in [0.2, 0.25) is 5.02 Å². The first-order valence-corrected chi connectivity index (χ1v) is 9.75. The van der Waals surface area contributed by atoms with Gasteiger partial charge < -0.3 is 4.90 Å². The Kier molecular flexibility index (Phi) is 4.64. The van der Waals surface area contributed by atoms with Gasteiger partial charge in [0.2, 0.25) is 0 Å². The van der Waals surface area contributed by atoms with Crippen molar-refractivity contribution in [3.63, 3.8) is 0 Å². The van der Waals surface area contributed by atoms with Crippen molar-refractivity contribution in [2.24, 2.45) is 0 Å². The van der Waals surface area contributed by atoms with E-state index in [4.69, 9.17) is 16.6 Å². The Hall–Kier alpha value is -2.40. The quantitative estimate of drug-likeness (QED) is 0.643. The summed E-state index contributed by atoms with van der Waals surface area (Å²) in [4.78, 5) is 20.0. The summed E-state index contributed by atoms with van der Waals surface area (Å²) in [5.41, 5.74) is 3.31. The number of pyridine rings is 1. The minimum Gasteiger partial charge on any atom is -0.332 e. The van der Waals surface area contributed by atoms with Crippen molar-refractivity contribution in [1.29, 1.82) is 0 Å². The number of carbonyl (C=O) groups is 1. The molecule has 1 aliphatic heterocycles. The number of nitrogens with zero attached hydrogens (tertiary/aromatic N) is 4. The molecule has 1 unspecified atom stereocenters. The molecular formula is C21H23ClN4O. The maximum Gasteiger partial charge on any atom is 0.256 e. The summed E-state index contributed by atoms with van der Waals surface area (Å²) in [6, 6.07) is 10.0. The molecule has 5 nitrogen and oxygen atoms in total. The van der Waals surface area contributed by atoms with E-state index in [9.17, 15) is 4.79 Å². The van der Waals surface area contributed by atoms with Crippen LogP contribution in [0.5, 0.6) is 0 Å². The Morgan fingerprint density at radius 1 is 1.30 bits per heavy atom. The Morgan fingerprint density at radius 3 is 2.85 bits per heavy atom. The molecule has 0 N–H and O–H groups in total. The summed E-state index contributed by atoms with van der Waals surface area (Å²) >= 11 is 6.16. The van der Waals surface area contributed by atoms with Crippen molar-refractivity contribution >= 4 is 28.5 Å². The molecule has 27 heavy (non-hydrogen) atoms. The second kappa shape index (κ2) is 6.97. The van der Waals surface area contributed by atoms with Gasteiger partial charge in [-0.1, -0.05) is 23.7 Å². The van der Waals surface area contributed by atoms with E-state index < -0.39 is 0 Å². The number of aromatic nitrogens is 3. The molecule has 0 spiro atoms. The lowest BCUT2D eigenvalue weighted by molar-refractivity contribution is 0.0734. The van der Waals surface area contributed by atoms with Crippen LogP contribution >= 0.6 is 11.6 Å². The van der Waals surface area contributed by atoms with Crippen LogP contribution in [-0.4, -0.2) is 32.1 Å². The second-order valence-corrected chi connectivity index (χ2v) is 7.87. The van der Waals surface area contributed by atoms with Crippen LogP contribution in [0.1, 0.15) is 60.4 Å². The molecule has 1 amide bonds. The molecule has 1 fully saturated rings. The minimum absolute atomic E-state index is 0.0293. The highest BCUT2D eigenvalue weighted by Gasteiger charge is 2.32. The average molecular weight is 383 g/mol. The molecule has 1 aliphatic rings. The van der Waals surface area contributed by atoms with E-state index in [0.29, 0.717) is 10.6 Å². The van der Waals surface area contributed by atoms with Crippen molar-refractivity contribution in [3.8, 4) is 0 Å². The van der Waals surface area contributed by atoms with Crippen molar-refractivity contribution in [2.45, 2.75) is 45.7 Å². The molecule has 1 atom stereocenters. The topological polar surface area (TPSA) is 51.0 Å². The summed E-state index contributed by atoms with van der Waals surface area (Å²) in [5.74, 6) is 0.0293. The fourth-order valence-corrected chi connectivity index (χ4v) is 4.08. The summed E-state index contributed by atoms with van der Waals surface area (Å²) in [6.45, 7) is 6.79. The van der Waals surface area contributed by atoms with Gasteiger partial charge in [-0.15, -0.1) is 0 Å². The number of carbonyl (C=O) groups excluding carboxylic acids is 1. The van der Waals surface area contributed by atoms with E-state index in [2.05, 4.69) is 18.9 Å². The SMILES string of the molecule is Cc1nc2c(cnn2C(C)C)cc1C(=O)N1CCCC1c1cccc(Cl)c1. The molecule has 1 saturated heterocycles. The van der Waals surface area contributed by atoms with Crippen LogP contribution in [0.25, 0.3) is 11.0 Å². The number of likely N-dealkylation sites (tertiary alicyclic amines) is 1. The van der Waals surface area contributed by atoms with Crippen LogP contribution in [0.4, 0.5) is 0 Å². The first-order chi connectivity index (χ1) is 13.0. The van der Waals surface area contributed by atoms with Gasteiger partial charge in [0.05, 0.1) is 23.5 Å². The maximum atomic E-state index is 13.3. The fourth-order valence-electron chi connectivity index (χ4n) is 3.89. The highest BCUT2D eigenvalue weighted by Crippen LogP contribution is 2.34. The van der Waals surface area contributed by atoms with Crippen LogP contribution in [0.3, 0.4) is 0 Å². The second-order valence-electron chi connectivity index (χ2n) is 7.43. The largest absolute Gasteiger partial charge is 0.332 e. The van der Waals surface area contributed by atoms with Crippen molar-refractivity contribution in [3.05, 3.63) is 58.4 Å². The van der Waals surface area contributed by atoms with Gasteiger partial charge in [0.1, 0.15) is 0 Å². The van der Waals surface area contributed by atoms with Crippen LogP contribution in [0.15, 0.2) is 36.5 Å². The van der Waals surface area contributed by atoms with Gasteiger partial charge in [-0.25, -0.2) is 9.67 Å². The molecule has 0 radical (unpaired) electrons. The summed E-state index contributed by atoms with van der Waals surface area (Å²) in [5, 5.41) is 6.02. The standard InChI is InChI=1S/C21H23ClN4O/c1-13(2)26-20-16(12-23-26)11-18(14(3)24-20)21(27)25-9-5-8-19(25)15-6-4-7-17(22)10-15/h4,6-7,10-13,19H,5,8-9H2,1-3H3. The lowest BCUT2D eigenvalue weighted by atomic mass is 10.0. The number of rotatable bonds is 3. The zero-order valence-electron chi connectivity index (χ0n) is 15.8. The van der Waals surface area contributed by atoms with Crippen molar-refractivity contribution in [1.82, 2.24) is 19.7 Å². The molecule has 6 heteroatoms. The van der Waals surface area contributed by atoms with E-state index >= 15 is 0 Å². The Morgan fingerprint density at radius 2 is 2.11 bits per heavy atom. The molecule has 0 saturated carbocycles. The van der Waals surface area contributed by atoms with Gasteiger partial charge >= 0.3 is 0 Å². The number of hydrogen-bond donors (Lipinski definition) is 0. The Bertz CT molecular complexity index is 1010. The molecule has 140 valence electrons. The highest BCUT2D eigenvalue weighted by atomic mass is 35.5. The van der Waals surface area contributed by atoms with E-state index in [1.165, 1.54) is 0 Å². The van der Waals surface area contributed by atoms with E-state index in [1.54, 1.807) is 6.20 Å². The monoisotopic (exact) mass is 382 g/mol. The lowest BCUT2D eigenvalue weighted by Gasteiger charge is -2.26. The third kappa shape index (κ3) is 3.21. The zero-order chi connectivity index (χ0) is 19.1. The number of aryl methyl sites for hydroxylation is 1. The molecule has 0 aliphatic carbocycles. The number of fused-ring (bicyclic) bond motifs is 1. The number of benzene rings is 1. The first-order valence-electron chi connectivity index (χ1n) is 9.37. The van der Waals surface area contributed by atoms with Crippen molar-refractivity contribution in [2.75, 3.05) is 6.54 Å². The van der Waals surface area contributed by atoms with E-state index in [0.717, 1.165) is 41.7 Å². The number of amides is 1. The minimum atomic E-state index is 0.0293. The van der Waals surface area contributed by atoms with Gasteiger partial charge in [0, 0.05) is 23.0 Å². The maximum absolute atomic E-state index is 13.3. The van der Waals surface area contributed by atoms with E-state index in [-0.39, 0.29) is 18.0 Å². The average Bonchev–Trinajstić information content (AvgIpc) is 3.27. The predicted octanol–water partition coefficient (Wildman–Crippen LogP) is 4.95. The third-order valence-corrected chi connectivity index (χ3v) is 5.46. The smallest absolute Gasteiger partial charge is 0.256 e. The van der Waals surface area contributed by atoms with Gasteiger partial charge in [-0.2, -0.15) is 5.10 Å². The first kappa shape index (κ1) is 18.0. The predicted molar refractivity (Wildman–Crippen MR) is 107 cm³/mol. The summed E-state index contributed by atoms with van der Waals surface area (Å²) in [7, 11) is 0. The zero-order valence-corrected chi connectivity index (χ0v) is 16.6. The number of hydrogen-bond acceptors (Lipinski definition) is 3. The van der Waals surface area contributed by atoms with Gasteiger partial charge in [-0.05, 0) is 57.4 Å². The van der Waals surface area contributed by atoms with Crippen LogP contribution in [-0.2, 0) is 0 Å². The van der Waals surface area contributed by atoms with Gasteiger partial charge in [-0.3, -0.25) is 4.79 Å². The normalized spacial score (nSPS) is 17.2. The van der Waals surface area contributed by atoms with Crippen LogP contribution in [0, 0.1) is 6.92 Å². The molecule has 1 aromatic carbocycles. The Labute approximate surface area is 164 Å². The molecular weight excluding hydrogens is 360 g/mol. The van der Waals surface area contributed by atoms with Crippen LogP contribution < -0.4 is 0 Å². The van der Waals surface area contributed by atoms with Crippen molar-refractivity contribution < 1.29 is 4.79 Å². The Balaban J connectivity index is 1.70. The molecule has 3 aromatic rings. The van der Waals surface area contributed by atoms with E-state index in [1.807, 2.05) is 46.8 Å². The molecule has 3 heterocycles. The highest BCUT2D eigenvalue weighted by molar-refractivity contribution is 6.30. The summed E-state index contributed by atoms with van der Waals surface area (Å²) in [6.07, 6.45) is 3.73. The lowest BCUT2D eigenvalue weighted by Crippen LogP contribution is -2.31. The fraction of sp³-hybridized carbons (Fsp3) is 0.381. The molecule has 0 bridgehead atoms. The third-order valence-electron chi connectivity index (χ3n) is 5.23. The van der Waals surface area contributed by atoms with Gasteiger partial charge in [0.15, 0.2) is 5.65 Å². The molecule has 4 rings (SSSR count). The number of halogens is 1. The molecule has 2 aromatic heterocycles.